The van der Waals surface area contributed by atoms with Gasteiger partial charge in [0.1, 0.15) is 11.9 Å². The van der Waals surface area contributed by atoms with E-state index in [1.807, 2.05) is 30.3 Å². The third-order valence-corrected chi connectivity index (χ3v) is 3.32. The summed E-state index contributed by atoms with van der Waals surface area (Å²) in [5.74, 6) is 0.710. The molecular weight excluding hydrogens is 234 g/mol. The molecule has 3 nitrogen and oxygen atoms in total. The van der Waals surface area contributed by atoms with Crippen LogP contribution in [0, 0.1) is 11.3 Å². The number of aromatic nitrogens is 1. The van der Waals surface area contributed by atoms with Crippen molar-refractivity contribution in [1.82, 2.24) is 4.98 Å². The minimum atomic E-state index is 0.380. The molecule has 3 heteroatoms. The maximum Gasteiger partial charge on any atom is 0.144 e. The fourth-order valence-electron chi connectivity index (χ4n) is 2.23. The summed E-state index contributed by atoms with van der Waals surface area (Å²) in [7, 11) is 0. The fourth-order valence-corrected chi connectivity index (χ4v) is 2.23. The molecule has 98 valence electrons. The van der Waals surface area contributed by atoms with Crippen molar-refractivity contribution in [2.45, 2.75) is 39.2 Å². The number of rotatable bonds is 5. The predicted octanol–water partition coefficient (Wildman–Crippen LogP) is 4.10. The van der Waals surface area contributed by atoms with E-state index in [1.54, 1.807) is 0 Å². The molecule has 1 aromatic carbocycles. The highest BCUT2D eigenvalue weighted by Gasteiger charge is 2.10. The quantitative estimate of drug-likeness (QED) is 0.872. The Morgan fingerprint density at radius 2 is 2.11 bits per heavy atom. The minimum Gasteiger partial charge on any atom is -0.366 e. The molecule has 0 saturated carbocycles. The van der Waals surface area contributed by atoms with Gasteiger partial charge in [-0.25, -0.2) is 4.98 Å². The number of para-hydroxylation sites is 1. The van der Waals surface area contributed by atoms with E-state index in [2.05, 4.69) is 30.2 Å². The largest absolute Gasteiger partial charge is 0.366 e. The first-order chi connectivity index (χ1) is 9.28. The van der Waals surface area contributed by atoms with Crippen LogP contribution in [0.2, 0.25) is 0 Å². The Morgan fingerprint density at radius 1 is 1.32 bits per heavy atom. The summed E-state index contributed by atoms with van der Waals surface area (Å²) in [5, 5.41) is 13.7. The lowest BCUT2D eigenvalue weighted by Gasteiger charge is -2.17. The van der Waals surface area contributed by atoms with Crippen LogP contribution in [0.4, 0.5) is 5.82 Å². The predicted molar refractivity (Wildman–Crippen MR) is 79.1 cm³/mol. The molecule has 0 radical (unpaired) electrons. The second kappa shape index (κ2) is 6.19. The van der Waals surface area contributed by atoms with Gasteiger partial charge in [0.25, 0.3) is 0 Å². The lowest BCUT2D eigenvalue weighted by Crippen LogP contribution is -2.19. The van der Waals surface area contributed by atoms with Crippen LogP contribution in [0.25, 0.3) is 10.9 Å². The molecule has 1 aromatic heterocycles. The molecule has 19 heavy (non-hydrogen) atoms. The van der Waals surface area contributed by atoms with Crippen molar-refractivity contribution in [3.05, 3.63) is 35.9 Å². The number of hydrogen-bond donors (Lipinski definition) is 1. The van der Waals surface area contributed by atoms with Gasteiger partial charge in [0.2, 0.25) is 0 Å². The highest BCUT2D eigenvalue weighted by Crippen LogP contribution is 2.21. The van der Waals surface area contributed by atoms with E-state index in [-0.39, 0.29) is 0 Å². The Labute approximate surface area is 114 Å². The van der Waals surface area contributed by atoms with Gasteiger partial charge in [-0.3, -0.25) is 0 Å². The summed E-state index contributed by atoms with van der Waals surface area (Å²) in [4.78, 5) is 4.58. The van der Waals surface area contributed by atoms with Crippen molar-refractivity contribution in [3.8, 4) is 6.07 Å². The molecule has 1 unspecified atom stereocenters. The molecular formula is C16H19N3. The second-order valence-electron chi connectivity index (χ2n) is 4.73. The number of pyridine rings is 1. The first kappa shape index (κ1) is 13.4. The number of nitriles is 1. The topological polar surface area (TPSA) is 48.7 Å². The second-order valence-corrected chi connectivity index (χ2v) is 4.73. The molecule has 1 N–H and O–H groups in total. The van der Waals surface area contributed by atoms with Crippen LogP contribution in [0.15, 0.2) is 30.3 Å². The van der Waals surface area contributed by atoms with Gasteiger partial charge in [-0.15, -0.1) is 0 Å². The van der Waals surface area contributed by atoms with Crippen molar-refractivity contribution in [1.29, 1.82) is 5.26 Å². The van der Waals surface area contributed by atoms with E-state index < -0.39 is 0 Å². The molecule has 0 fully saturated rings. The van der Waals surface area contributed by atoms with Crippen molar-refractivity contribution < 1.29 is 0 Å². The third kappa shape index (κ3) is 3.03. The maximum atomic E-state index is 9.26. The molecule has 0 aliphatic heterocycles. The lowest BCUT2D eigenvalue weighted by molar-refractivity contribution is 0.620. The van der Waals surface area contributed by atoms with Crippen LogP contribution in [0.1, 0.15) is 38.7 Å². The Morgan fingerprint density at radius 3 is 2.79 bits per heavy atom. The summed E-state index contributed by atoms with van der Waals surface area (Å²) < 4.78 is 0. The van der Waals surface area contributed by atoms with E-state index in [0.29, 0.717) is 17.4 Å². The molecule has 0 saturated heterocycles. The zero-order chi connectivity index (χ0) is 13.7. The van der Waals surface area contributed by atoms with Crippen LogP contribution in [0.5, 0.6) is 0 Å². The first-order valence-corrected chi connectivity index (χ1v) is 6.84. The van der Waals surface area contributed by atoms with E-state index in [0.717, 1.165) is 30.2 Å². The zero-order valence-corrected chi connectivity index (χ0v) is 11.5. The SMILES string of the molecule is CCCC(CC)Nc1nc2ccccc2cc1C#N. The Hall–Kier alpha value is -2.08. The van der Waals surface area contributed by atoms with Gasteiger partial charge in [0.05, 0.1) is 11.1 Å². The number of benzene rings is 1. The zero-order valence-electron chi connectivity index (χ0n) is 11.5. The van der Waals surface area contributed by atoms with Gasteiger partial charge in [0, 0.05) is 11.4 Å². The smallest absolute Gasteiger partial charge is 0.144 e. The summed E-state index contributed by atoms with van der Waals surface area (Å²) in [5.41, 5.74) is 1.55. The maximum absolute atomic E-state index is 9.26. The molecule has 1 atom stereocenters. The number of nitrogens with one attached hydrogen (secondary N) is 1. The van der Waals surface area contributed by atoms with Crippen molar-refractivity contribution in [3.63, 3.8) is 0 Å². The van der Waals surface area contributed by atoms with Gasteiger partial charge in [-0.2, -0.15) is 5.26 Å². The summed E-state index contributed by atoms with van der Waals surface area (Å²) in [6, 6.07) is 12.4. The lowest BCUT2D eigenvalue weighted by atomic mass is 10.1. The molecule has 1 heterocycles. The van der Waals surface area contributed by atoms with Gasteiger partial charge in [0.15, 0.2) is 0 Å². The van der Waals surface area contributed by atoms with Gasteiger partial charge in [-0.1, -0.05) is 38.5 Å². The van der Waals surface area contributed by atoms with Crippen LogP contribution in [0.3, 0.4) is 0 Å². The Bertz CT molecular complexity index is 598. The number of nitrogens with zero attached hydrogens (tertiary/aromatic N) is 2. The van der Waals surface area contributed by atoms with E-state index in [4.69, 9.17) is 0 Å². The van der Waals surface area contributed by atoms with Gasteiger partial charge >= 0.3 is 0 Å². The van der Waals surface area contributed by atoms with E-state index >= 15 is 0 Å². The number of hydrogen-bond acceptors (Lipinski definition) is 3. The Kier molecular flexibility index (Phi) is 4.35. The summed E-state index contributed by atoms with van der Waals surface area (Å²) in [6.07, 6.45) is 3.25. The average Bonchev–Trinajstić information content (AvgIpc) is 2.46. The van der Waals surface area contributed by atoms with Gasteiger partial charge < -0.3 is 5.32 Å². The molecule has 0 bridgehead atoms. The highest BCUT2D eigenvalue weighted by atomic mass is 15.0. The summed E-state index contributed by atoms with van der Waals surface area (Å²) >= 11 is 0. The Balaban J connectivity index is 2.38. The minimum absolute atomic E-state index is 0.380. The van der Waals surface area contributed by atoms with E-state index in [1.165, 1.54) is 0 Å². The van der Waals surface area contributed by atoms with Crippen LogP contribution in [-0.4, -0.2) is 11.0 Å². The summed E-state index contributed by atoms with van der Waals surface area (Å²) in [6.45, 7) is 4.32. The molecule has 0 amide bonds. The van der Waals surface area contributed by atoms with Crippen LogP contribution < -0.4 is 5.32 Å². The van der Waals surface area contributed by atoms with E-state index in [9.17, 15) is 5.26 Å². The number of anilines is 1. The van der Waals surface area contributed by atoms with Crippen molar-refractivity contribution in [2.75, 3.05) is 5.32 Å². The molecule has 2 aromatic rings. The third-order valence-electron chi connectivity index (χ3n) is 3.32. The van der Waals surface area contributed by atoms with Gasteiger partial charge in [-0.05, 0) is 25.0 Å². The normalized spacial score (nSPS) is 12.1. The van der Waals surface area contributed by atoms with Crippen molar-refractivity contribution in [2.24, 2.45) is 0 Å². The molecule has 2 rings (SSSR count). The molecule has 0 aliphatic carbocycles. The number of fused-ring (bicyclic) bond motifs is 1. The molecule has 0 aliphatic rings. The standard InChI is InChI=1S/C16H19N3/c1-3-7-14(4-2)18-16-13(11-17)10-12-8-5-6-9-15(12)19-16/h5-6,8-10,14H,3-4,7H2,1-2H3,(H,18,19). The monoisotopic (exact) mass is 253 g/mol. The average molecular weight is 253 g/mol. The highest BCUT2D eigenvalue weighted by molar-refractivity contribution is 5.82. The van der Waals surface area contributed by atoms with Crippen molar-refractivity contribution >= 4 is 16.7 Å². The molecule has 0 spiro atoms. The van der Waals surface area contributed by atoms with Crippen LogP contribution >= 0.6 is 0 Å². The first-order valence-electron chi connectivity index (χ1n) is 6.84. The fraction of sp³-hybridized carbons (Fsp3) is 0.375. The van der Waals surface area contributed by atoms with Crippen LogP contribution in [-0.2, 0) is 0 Å².